The van der Waals surface area contributed by atoms with E-state index in [0.29, 0.717) is 36.5 Å². The minimum Gasteiger partial charge on any atom is -0.478 e. The number of carboxylic acids is 1. The van der Waals surface area contributed by atoms with Crippen LogP contribution in [0.1, 0.15) is 28.0 Å². The number of rotatable bonds is 9. The number of hydrogen-bond acceptors (Lipinski definition) is 5. The maximum absolute atomic E-state index is 13.2. The van der Waals surface area contributed by atoms with Gasteiger partial charge in [-0.2, -0.15) is 0 Å². The van der Waals surface area contributed by atoms with Gasteiger partial charge in [-0.25, -0.2) is 9.18 Å². The highest BCUT2D eigenvalue weighted by Gasteiger charge is 2.10. The Balaban J connectivity index is 1.29. The van der Waals surface area contributed by atoms with Gasteiger partial charge in [0.15, 0.2) is 0 Å². The number of nitrogens with zero attached hydrogens (tertiary/aromatic N) is 3. The van der Waals surface area contributed by atoms with E-state index in [-0.39, 0.29) is 23.7 Å². The van der Waals surface area contributed by atoms with Crippen LogP contribution in [-0.4, -0.2) is 32.0 Å². The van der Waals surface area contributed by atoms with Crippen molar-refractivity contribution in [2.45, 2.75) is 25.8 Å². The van der Waals surface area contributed by atoms with Crippen LogP contribution in [0.3, 0.4) is 0 Å². The summed E-state index contributed by atoms with van der Waals surface area (Å²) >= 11 is 0. The number of aryl methyl sites for hydroxylation is 3. The highest BCUT2D eigenvalue weighted by molar-refractivity contribution is 5.95. The lowest BCUT2D eigenvalue weighted by Crippen LogP contribution is -2.13. The Labute approximate surface area is 201 Å². The van der Waals surface area contributed by atoms with Crippen LogP contribution >= 0.6 is 0 Å². The lowest BCUT2D eigenvalue weighted by atomic mass is 10.0. The van der Waals surface area contributed by atoms with Crippen molar-refractivity contribution in [2.75, 3.05) is 11.1 Å². The minimum absolute atomic E-state index is 0.204. The van der Waals surface area contributed by atoms with E-state index in [9.17, 15) is 14.0 Å². The molecule has 0 aliphatic heterocycles. The van der Waals surface area contributed by atoms with Crippen LogP contribution in [0.4, 0.5) is 15.8 Å². The molecule has 0 saturated heterocycles. The third-order valence-electron chi connectivity index (χ3n) is 5.53. The van der Waals surface area contributed by atoms with Crippen molar-refractivity contribution in [1.29, 1.82) is 0 Å². The van der Waals surface area contributed by atoms with E-state index in [0.717, 1.165) is 16.7 Å². The molecule has 4 N–H and O–H groups in total. The molecular weight excluding hydrogens is 449 g/mol. The molecule has 0 aliphatic carbocycles. The number of carboxylic acid groups (broad SMARTS) is 1. The van der Waals surface area contributed by atoms with Crippen LogP contribution in [0.5, 0.6) is 0 Å². The van der Waals surface area contributed by atoms with Crippen LogP contribution in [0.2, 0.25) is 0 Å². The predicted octanol–water partition coefficient (Wildman–Crippen LogP) is 4.18. The molecule has 0 spiro atoms. The summed E-state index contributed by atoms with van der Waals surface area (Å²) in [6, 6.07) is 18.1. The molecule has 0 fully saturated rings. The number of aromatic nitrogens is 3. The van der Waals surface area contributed by atoms with Gasteiger partial charge in [0.25, 0.3) is 0 Å². The summed E-state index contributed by atoms with van der Waals surface area (Å²) in [6.07, 6.45) is 3.08. The molecule has 0 unspecified atom stereocenters. The first-order chi connectivity index (χ1) is 16.9. The van der Waals surface area contributed by atoms with E-state index in [2.05, 4.69) is 15.6 Å². The maximum Gasteiger partial charge on any atom is 0.335 e. The Bertz CT molecular complexity index is 1330. The third-order valence-corrected chi connectivity index (χ3v) is 5.53. The lowest BCUT2D eigenvalue weighted by molar-refractivity contribution is -0.116. The smallest absolute Gasteiger partial charge is 0.335 e. The van der Waals surface area contributed by atoms with Gasteiger partial charge in [0.2, 0.25) is 5.91 Å². The van der Waals surface area contributed by atoms with Crippen molar-refractivity contribution in [3.8, 4) is 11.1 Å². The molecule has 1 aromatic heterocycles. The second-order valence-corrected chi connectivity index (χ2v) is 8.08. The monoisotopic (exact) mass is 473 g/mol. The van der Waals surface area contributed by atoms with Crippen LogP contribution in [0.25, 0.3) is 11.1 Å². The standard InChI is InChI=1S/C26H24FN5O3/c27-21-8-5-18(6-9-21)20-7-11-23(28)24(15-20)29-25(33)12-10-22-16-32(31-30-22)14-13-17-1-3-19(4-2-17)26(34)35/h1-9,11,15-16H,10,12-14,28H2,(H,29,33)(H,34,35). The molecule has 8 nitrogen and oxygen atoms in total. The quantitative estimate of drug-likeness (QED) is 0.314. The van der Waals surface area contributed by atoms with Crippen LogP contribution in [0.15, 0.2) is 72.9 Å². The Kier molecular flexibility index (Phi) is 7.15. The Morgan fingerprint density at radius 1 is 0.971 bits per heavy atom. The first-order valence-corrected chi connectivity index (χ1v) is 11.0. The highest BCUT2D eigenvalue weighted by Crippen LogP contribution is 2.27. The molecule has 9 heteroatoms. The molecule has 4 rings (SSSR count). The molecule has 0 aliphatic rings. The van der Waals surface area contributed by atoms with Gasteiger partial charge in [0.05, 0.1) is 22.6 Å². The molecular formula is C26H24FN5O3. The molecule has 0 radical (unpaired) electrons. The van der Waals surface area contributed by atoms with E-state index in [1.807, 2.05) is 6.07 Å². The van der Waals surface area contributed by atoms with Crippen molar-refractivity contribution in [3.05, 3.63) is 95.6 Å². The fourth-order valence-corrected chi connectivity index (χ4v) is 3.56. The Morgan fingerprint density at radius 2 is 1.69 bits per heavy atom. The van der Waals surface area contributed by atoms with Gasteiger partial charge in [0.1, 0.15) is 5.82 Å². The fraction of sp³-hybridized carbons (Fsp3) is 0.154. The molecule has 4 aromatic rings. The maximum atomic E-state index is 13.2. The largest absolute Gasteiger partial charge is 0.478 e. The second-order valence-electron chi connectivity index (χ2n) is 8.08. The molecule has 35 heavy (non-hydrogen) atoms. The molecule has 0 saturated carbocycles. The topological polar surface area (TPSA) is 123 Å². The van der Waals surface area contributed by atoms with Crippen molar-refractivity contribution >= 4 is 23.3 Å². The molecule has 3 aromatic carbocycles. The number of hydrogen-bond donors (Lipinski definition) is 3. The van der Waals surface area contributed by atoms with Gasteiger partial charge in [-0.05, 0) is 59.5 Å². The highest BCUT2D eigenvalue weighted by atomic mass is 19.1. The first kappa shape index (κ1) is 23.6. The number of carbonyl (C=O) groups is 2. The van der Waals surface area contributed by atoms with Crippen LogP contribution in [0, 0.1) is 5.82 Å². The summed E-state index contributed by atoms with van der Waals surface area (Å²) < 4.78 is 14.9. The average molecular weight is 474 g/mol. The molecule has 0 atom stereocenters. The van der Waals surface area contributed by atoms with Crippen molar-refractivity contribution in [3.63, 3.8) is 0 Å². The SMILES string of the molecule is Nc1ccc(-c2ccc(F)cc2)cc1NC(=O)CCc1cn(CCc2ccc(C(=O)O)cc2)nn1. The molecule has 1 heterocycles. The molecule has 178 valence electrons. The number of anilines is 2. The van der Waals surface area contributed by atoms with Gasteiger partial charge in [-0.1, -0.05) is 35.5 Å². The Hall–Kier alpha value is -4.53. The zero-order valence-electron chi connectivity index (χ0n) is 18.8. The number of nitrogens with one attached hydrogen (secondary N) is 1. The summed E-state index contributed by atoms with van der Waals surface area (Å²) in [5.41, 5.74) is 10.5. The summed E-state index contributed by atoms with van der Waals surface area (Å²) in [5.74, 6) is -1.48. The minimum atomic E-state index is -0.954. The van der Waals surface area contributed by atoms with Gasteiger partial charge in [0, 0.05) is 25.6 Å². The van der Waals surface area contributed by atoms with E-state index in [1.165, 1.54) is 12.1 Å². The normalized spacial score (nSPS) is 10.8. The average Bonchev–Trinajstić information content (AvgIpc) is 3.31. The fourth-order valence-electron chi connectivity index (χ4n) is 3.56. The number of aromatic carboxylic acids is 1. The molecule has 1 amide bonds. The third kappa shape index (κ3) is 6.29. The van der Waals surface area contributed by atoms with Crippen molar-refractivity contribution < 1.29 is 19.1 Å². The molecule has 0 bridgehead atoms. The van der Waals surface area contributed by atoms with E-state index in [4.69, 9.17) is 10.8 Å². The summed E-state index contributed by atoms with van der Waals surface area (Å²) in [5, 5.41) is 20.0. The first-order valence-electron chi connectivity index (χ1n) is 11.0. The van der Waals surface area contributed by atoms with E-state index >= 15 is 0 Å². The van der Waals surface area contributed by atoms with Gasteiger partial charge < -0.3 is 16.2 Å². The van der Waals surface area contributed by atoms with Gasteiger partial charge in [-0.15, -0.1) is 5.10 Å². The predicted molar refractivity (Wildman–Crippen MR) is 130 cm³/mol. The zero-order chi connectivity index (χ0) is 24.8. The number of nitrogen functional groups attached to an aromatic ring is 1. The summed E-state index contributed by atoms with van der Waals surface area (Å²) in [6.45, 7) is 0.582. The zero-order valence-corrected chi connectivity index (χ0v) is 18.8. The number of halogens is 1. The van der Waals surface area contributed by atoms with Crippen molar-refractivity contribution in [1.82, 2.24) is 15.0 Å². The Morgan fingerprint density at radius 3 is 2.40 bits per heavy atom. The van der Waals surface area contributed by atoms with Gasteiger partial charge >= 0.3 is 5.97 Å². The van der Waals surface area contributed by atoms with Crippen molar-refractivity contribution in [2.24, 2.45) is 0 Å². The van der Waals surface area contributed by atoms with E-state index < -0.39 is 5.97 Å². The number of benzene rings is 3. The second kappa shape index (κ2) is 10.6. The number of carbonyl (C=O) groups excluding carboxylic acids is 1. The summed E-state index contributed by atoms with van der Waals surface area (Å²) in [4.78, 5) is 23.4. The summed E-state index contributed by atoms with van der Waals surface area (Å²) in [7, 11) is 0. The lowest BCUT2D eigenvalue weighted by Gasteiger charge is -2.10. The number of amides is 1. The van der Waals surface area contributed by atoms with Crippen LogP contribution < -0.4 is 11.1 Å². The number of nitrogens with two attached hydrogens (primary N) is 1. The van der Waals surface area contributed by atoms with E-state index in [1.54, 1.807) is 59.4 Å². The van der Waals surface area contributed by atoms with Crippen LogP contribution in [-0.2, 0) is 24.2 Å². The van der Waals surface area contributed by atoms with Gasteiger partial charge in [-0.3, -0.25) is 9.48 Å².